The Morgan fingerprint density at radius 1 is 1.21 bits per heavy atom. The highest BCUT2D eigenvalue weighted by Gasteiger charge is 2.27. The molecule has 3 heteroatoms. The molecule has 0 N–H and O–H groups in total. The molecule has 1 aromatic carbocycles. The molecule has 2 aromatic rings. The summed E-state index contributed by atoms with van der Waals surface area (Å²) in [6, 6.07) is 9.95. The molecule has 1 unspecified atom stereocenters. The number of nitrogens with zero attached hydrogens (tertiary/aromatic N) is 1. The van der Waals surface area contributed by atoms with Crippen LogP contribution in [0.4, 0.5) is 0 Å². The standard InChI is InChI=1S/C11H9NO2/c1-2-4-9(11-7-13-11)8(3-1)10-5-6-12-14-10/h1-6,11H,7H2. The van der Waals surface area contributed by atoms with E-state index in [2.05, 4.69) is 11.2 Å². The third kappa shape index (κ3) is 1.22. The summed E-state index contributed by atoms with van der Waals surface area (Å²) in [5.74, 6) is 0.802. The SMILES string of the molecule is c1ccc(C2CO2)c(-c2ccno2)c1. The summed E-state index contributed by atoms with van der Waals surface area (Å²) >= 11 is 0. The Morgan fingerprint density at radius 2 is 2.07 bits per heavy atom. The Balaban J connectivity index is 2.12. The molecule has 1 fully saturated rings. The summed E-state index contributed by atoms with van der Waals surface area (Å²) in [7, 11) is 0. The lowest BCUT2D eigenvalue weighted by molar-refractivity contribution is 0.412. The molecule has 0 spiro atoms. The van der Waals surface area contributed by atoms with E-state index in [9.17, 15) is 0 Å². The zero-order valence-electron chi connectivity index (χ0n) is 7.51. The van der Waals surface area contributed by atoms with Gasteiger partial charge in [0.2, 0.25) is 0 Å². The van der Waals surface area contributed by atoms with Crippen LogP contribution < -0.4 is 0 Å². The van der Waals surface area contributed by atoms with Gasteiger partial charge in [-0.2, -0.15) is 0 Å². The minimum absolute atomic E-state index is 0.247. The van der Waals surface area contributed by atoms with Crippen molar-refractivity contribution >= 4 is 0 Å². The summed E-state index contributed by atoms with van der Waals surface area (Å²) in [6.45, 7) is 0.811. The van der Waals surface area contributed by atoms with Gasteiger partial charge in [0.15, 0.2) is 5.76 Å². The molecule has 0 radical (unpaired) electrons. The van der Waals surface area contributed by atoms with Crippen LogP contribution in [0.2, 0.25) is 0 Å². The Bertz CT molecular complexity index is 432. The lowest BCUT2D eigenvalue weighted by atomic mass is 10.0. The van der Waals surface area contributed by atoms with Crippen LogP contribution in [0.5, 0.6) is 0 Å². The van der Waals surface area contributed by atoms with Crippen molar-refractivity contribution in [3.63, 3.8) is 0 Å². The van der Waals surface area contributed by atoms with Gasteiger partial charge >= 0.3 is 0 Å². The molecule has 1 saturated heterocycles. The van der Waals surface area contributed by atoms with E-state index in [0.29, 0.717) is 0 Å². The number of aromatic nitrogens is 1. The molecule has 0 bridgehead atoms. The summed E-state index contributed by atoms with van der Waals surface area (Å²) in [4.78, 5) is 0. The van der Waals surface area contributed by atoms with Gasteiger partial charge in [-0.25, -0.2) is 0 Å². The highest BCUT2D eigenvalue weighted by Crippen LogP contribution is 2.36. The van der Waals surface area contributed by atoms with Crippen LogP contribution in [0.25, 0.3) is 11.3 Å². The van der Waals surface area contributed by atoms with Crippen molar-refractivity contribution in [2.24, 2.45) is 0 Å². The van der Waals surface area contributed by atoms with E-state index >= 15 is 0 Å². The van der Waals surface area contributed by atoms with Crippen LogP contribution in [-0.2, 0) is 4.74 Å². The zero-order chi connectivity index (χ0) is 9.38. The van der Waals surface area contributed by atoms with Crippen molar-refractivity contribution in [1.82, 2.24) is 5.16 Å². The van der Waals surface area contributed by atoms with E-state index < -0.39 is 0 Å². The monoisotopic (exact) mass is 187 g/mol. The first-order valence-corrected chi connectivity index (χ1v) is 4.57. The van der Waals surface area contributed by atoms with Crippen LogP contribution in [0.15, 0.2) is 41.1 Å². The second kappa shape index (κ2) is 2.96. The molecule has 1 atom stereocenters. The highest BCUT2D eigenvalue weighted by atomic mass is 16.6. The van der Waals surface area contributed by atoms with Crippen molar-refractivity contribution < 1.29 is 9.26 Å². The second-order valence-electron chi connectivity index (χ2n) is 3.29. The maximum absolute atomic E-state index is 5.27. The number of hydrogen-bond donors (Lipinski definition) is 0. The van der Waals surface area contributed by atoms with E-state index in [1.54, 1.807) is 6.20 Å². The molecule has 14 heavy (non-hydrogen) atoms. The zero-order valence-corrected chi connectivity index (χ0v) is 7.51. The van der Waals surface area contributed by atoms with Crippen molar-refractivity contribution in [3.8, 4) is 11.3 Å². The molecule has 70 valence electrons. The van der Waals surface area contributed by atoms with Crippen LogP contribution in [-0.4, -0.2) is 11.8 Å². The van der Waals surface area contributed by atoms with Gasteiger partial charge in [-0.05, 0) is 5.56 Å². The number of ether oxygens (including phenoxy) is 1. The molecule has 3 nitrogen and oxygen atoms in total. The minimum atomic E-state index is 0.247. The van der Waals surface area contributed by atoms with Gasteiger partial charge in [-0.1, -0.05) is 29.4 Å². The van der Waals surface area contributed by atoms with Gasteiger partial charge in [0.05, 0.1) is 12.8 Å². The normalized spacial score (nSPS) is 19.6. The van der Waals surface area contributed by atoms with Crippen LogP contribution in [0, 0.1) is 0 Å². The topological polar surface area (TPSA) is 38.6 Å². The number of benzene rings is 1. The van der Waals surface area contributed by atoms with Crippen molar-refractivity contribution in [3.05, 3.63) is 42.1 Å². The number of hydrogen-bond acceptors (Lipinski definition) is 3. The molecule has 1 aliphatic heterocycles. The van der Waals surface area contributed by atoms with Crippen LogP contribution >= 0.6 is 0 Å². The van der Waals surface area contributed by atoms with E-state index in [0.717, 1.165) is 17.9 Å². The first-order valence-electron chi connectivity index (χ1n) is 4.57. The van der Waals surface area contributed by atoms with E-state index in [1.165, 1.54) is 5.56 Å². The Hall–Kier alpha value is -1.61. The van der Waals surface area contributed by atoms with Crippen molar-refractivity contribution in [1.29, 1.82) is 0 Å². The van der Waals surface area contributed by atoms with Gasteiger partial charge in [0.25, 0.3) is 0 Å². The fraction of sp³-hybridized carbons (Fsp3) is 0.182. The Kier molecular flexibility index (Phi) is 1.64. The maximum Gasteiger partial charge on any atom is 0.167 e. The fourth-order valence-electron chi connectivity index (χ4n) is 1.58. The average Bonchev–Trinajstić information content (AvgIpc) is 2.94. The predicted molar refractivity (Wildman–Crippen MR) is 50.6 cm³/mol. The Morgan fingerprint density at radius 3 is 2.79 bits per heavy atom. The summed E-state index contributed by atoms with van der Waals surface area (Å²) < 4.78 is 10.4. The third-order valence-electron chi connectivity index (χ3n) is 2.34. The molecule has 3 rings (SSSR count). The van der Waals surface area contributed by atoms with Gasteiger partial charge in [0.1, 0.15) is 6.10 Å². The molecule has 1 aliphatic rings. The van der Waals surface area contributed by atoms with Crippen molar-refractivity contribution in [2.75, 3.05) is 6.61 Å². The third-order valence-corrected chi connectivity index (χ3v) is 2.34. The number of rotatable bonds is 2. The molecular weight excluding hydrogens is 178 g/mol. The quantitative estimate of drug-likeness (QED) is 0.677. The molecule has 2 heterocycles. The summed E-state index contributed by atoms with van der Waals surface area (Å²) in [5.41, 5.74) is 2.26. The first-order chi connectivity index (χ1) is 6.95. The van der Waals surface area contributed by atoms with Crippen molar-refractivity contribution in [2.45, 2.75) is 6.10 Å². The highest BCUT2D eigenvalue weighted by molar-refractivity contribution is 5.62. The minimum Gasteiger partial charge on any atom is -0.368 e. The smallest absolute Gasteiger partial charge is 0.167 e. The molecule has 0 aliphatic carbocycles. The number of epoxide rings is 1. The van der Waals surface area contributed by atoms with Gasteiger partial charge in [-0.15, -0.1) is 0 Å². The second-order valence-corrected chi connectivity index (χ2v) is 3.29. The Labute approximate surface area is 81.3 Å². The molecule has 1 aromatic heterocycles. The summed E-state index contributed by atoms with van der Waals surface area (Å²) in [6.07, 6.45) is 1.90. The van der Waals surface area contributed by atoms with Crippen LogP contribution in [0.3, 0.4) is 0 Å². The molecular formula is C11H9NO2. The van der Waals surface area contributed by atoms with E-state index in [1.807, 2.05) is 24.3 Å². The van der Waals surface area contributed by atoms with Crippen LogP contribution in [0.1, 0.15) is 11.7 Å². The van der Waals surface area contributed by atoms with E-state index in [-0.39, 0.29) is 6.10 Å². The molecule has 0 saturated carbocycles. The lowest BCUT2D eigenvalue weighted by Gasteiger charge is -2.02. The average molecular weight is 187 g/mol. The lowest BCUT2D eigenvalue weighted by Crippen LogP contribution is -1.85. The largest absolute Gasteiger partial charge is 0.368 e. The first kappa shape index (κ1) is 7.76. The van der Waals surface area contributed by atoms with Gasteiger partial charge in [-0.3, -0.25) is 0 Å². The maximum atomic E-state index is 5.27. The summed E-state index contributed by atoms with van der Waals surface area (Å²) in [5, 5.41) is 3.70. The van der Waals surface area contributed by atoms with Gasteiger partial charge < -0.3 is 9.26 Å². The predicted octanol–water partition coefficient (Wildman–Crippen LogP) is 2.41. The fourth-order valence-corrected chi connectivity index (χ4v) is 1.58. The molecule has 0 amide bonds. The van der Waals surface area contributed by atoms with E-state index in [4.69, 9.17) is 9.26 Å². The van der Waals surface area contributed by atoms with Gasteiger partial charge in [0, 0.05) is 11.6 Å².